The van der Waals surface area contributed by atoms with Gasteiger partial charge in [0.15, 0.2) is 0 Å². The second kappa shape index (κ2) is 10.1. The molecule has 32 heavy (non-hydrogen) atoms. The largest absolute Gasteiger partial charge is 0.416 e. The number of anilines is 1. The number of H-pyrrole nitrogens is 1. The van der Waals surface area contributed by atoms with E-state index in [0.717, 1.165) is 18.6 Å². The molecule has 1 aromatic carbocycles. The molecule has 166 valence electrons. The Morgan fingerprint density at radius 3 is 2.78 bits per heavy atom. The number of benzene rings is 1. The van der Waals surface area contributed by atoms with E-state index in [1.165, 1.54) is 24.4 Å². The third-order valence-electron chi connectivity index (χ3n) is 4.52. The maximum absolute atomic E-state index is 13.2. The Morgan fingerprint density at radius 1 is 1.25 bits per heavy atom. The molecule has 2 heterocycles. The number of pyridine rings is 1. The number of aromatic nitrogens is 3. The average molecular weight is 443 g/mol. The highest BCUT2D eigenvalue weighted by Crippen LogP contribution is 2.34. The minimum atomic E-state index is -4.55. The lowest BCUT2D eigenvalue weighted by atomic mass is 10.00. The van der Waals surface area contributed by atoms with E-state index < -0.39 is 17.3 Å². The second-order valence-electron chi connectivity index (χ2n) is 6.73. The summed E-state index contributed by atoms with van der Waals surface area (Å²) in [5.41, 5.74) is -0.826. The van der Waals surface area contributed by atoms with Crippen LogP contribution >= 0.6 is 0 Å². The van der Waals surface area contributed by atoms with Crippen molar-refractivity contribution in [3.8, 4) is 28.6 Å². The monoisotopic (exact) mass is 443 g/mol. The molecule has 7 nitrogen and oxygen atoms in total. The maximum Gasteiger partial charge on any atom is 0.416 e. The fourth-order valence-electron chi connectivity index (χ4n) is 3.01. The first kappa shape index (κ1) is 23.0. The Balaban J connectivity index is 2.03. The molecule has 0 aliphatic rings. The molecule has 0 saturated carbocycles. The van der Waals surface area contributed by atoms with Gasteiger partial charge in [-0.3, -0.25) is 4.79 Å². The zero-order valence-electron chi connectivity index (χ0n) is 17.2. The molecule has 0 aliphatic carbocycles. The molecule has 0 unspecified atom stereocenters. The zero-order chi connectivity index (χ0) is 23.1. The fourth-order valence-corrected chi connectivity index (χ4v) is 3.01. The Bertz CT molecular complexity index is 1190. The number of hydrogen-bond acceptors (Lipinski definition) is 6. The van der Waals surface area contributed by atoms with Gasteiger partial charge in [0, 0.05) is 31.5 Å². The molecule has 0 bridgehead atoms. The quantitative estimate of drug-likeness (QED) is 0.505. The standard InChI is InChI=1S/C22H20F3N5O2/c1-2-32-10-4-8-27-21-28-9-7-18(29-21)17-12-15(13-26)20(31)30-19(17)14-5-3-6-16(11-14)22(23,24)25/h3,5-7,9,11-12H,2,4,8,10H2,1H3,(H,30,31)(H,27,28,29). The number of nitrogens with zero attached hydrogens (tertiary/aromatic N) is 3. The molecule has 0 amide bonds. The summed E-state index contributed by atoms with van der Waals surface area (Å²) >= 11 is 0. The molecule has 10 heteroatoms. The van der Waals surface area contributed by atoms with Crippen LogP contribution < -0.4 is 10.9 Å². The number of nitrogens with one attached hydrogen (secondary N) is 2. The van der Waals surface area contributed by atoms with E-state index in [9.17, 15) is 23.2 Å². The van der Waals surface area contributed by atoms with Gasteiger partial charge in [0.25, 0.3) is 5.56 Å². The van der Waals surface area contributed by atoms with E-state index in [4.69, 9.17) is 4.74 Å². The van der Waals surface area contributed by atoms with Gasteiger partial charge in [-0.1, -0.05) is 12.1 Å². The Kier molecular flexibility index (Phi) is 7.22. The predicted molar refractivity (Wildman–Crippen MR) is 113 cm³/mol. The lowest BCUT2D eigenvalue weighted by Crippen LogP contribution is -2.13. The van der Waals surface area contributed by atoms with Crippen molar-refractivity contribution >= 4 is 5.95 Å². The second-order valence-corrected chi connectivity index (χ2v) is 6.73. The summed E-state index contributed by atoms with van der Waals surface area (Å²) in [4.78, 5) is 23.3. The first-order chi connectivity index (χ1) is 15.3. The Hall–Kier alpha value is -3.71. The van der Waals surface area contributed by atoms with Crippen LogP contribution in [0.4, 0.5) is 19.1 Å². The highest BCUT2D eigenvalue weighted by Gasteiger charge is 2.30. The van der Waals surface area contributed by atoms with Crippen molar-refractivity contribution in [2.75, 3.05) is 25.1 Å². The molecular formula is C22H20F3N5O2. The van der Waals surface area contributed by atoms with Crippen LogP contribution in [0.15, 0.2) is 47.4 Å². The molecule has 3 rings (SSSR count). The molecule has 0 aliphatic heterocycles. The van der Waals surface area contributed by atoms with Crippen molar-refractivity contribution in [2.24, 2.45) is 0 Å². The number of halogens is 3. The average Bonchev–Trinajstić information content (AvgIpc) is 2.78. The summed E-state index contributed by atoms with van der Waals surface area (Å²) in [6.45, 7) is 3.66. The van der Waals surface area contributed by atoms with Gasteiger partial charge >= 0.3 is 6.18 Å². The van der Waals surface area contributed by atoms with E-state index >= 15 is 0 Å². The van der Waals surface area contributed by atoms with Gasteiger partial charge in [-0.15, -0.1) is 0 Å². The number of alkyl halides is 3. The topological polar surface area (TPSA) is 104 Å². The summed E-state index contributed by atoms with van der Waals surface area (Å²) in [7, 11) is 0. The van der Waals surface area contributed by atoms with Gasteiger partial charge in [-0.2, -0.15) is 18.4 Å². The fraction of sp³-hybridized carbons (Fsp3) is 0.273. The van der Waals surface area contributed by atoms with Gasteiger partial charge in [0.2, 0.25) is 5.95 Å². The highest BCUT2D eigenvalue weighted by atomic mass is 19.4. The van der Waals surface area contributed by atoms with Crippen LogP contribution in [0.1, 0.15) is 24.5 Å². The van der Waals surface area contributed by atoms with Crippen LogP contribution in [0, 0.1) is 11.3 Å². The Labute approximate surface area is 181 Å². The van der Waals surface area contributed by atoms with Gasteiger partial charge in [0.1, 0.15) is 11.6 Å². The SMILES string of the molecule is CCOCCCNc1nccc(-c2cc(C#N)c(=O)[nH]c2-c2cccc(C(F)(F)F)c2)n1. The van der Waals surface area contributed by atoms with E-state index in [1.54, 1.807) is 12.1 Å². The molecule has 0 radical (unpaired) electrons. The van der Waals surface area contributed by atoms with Crippen LogP contribution in [0.5, 0.6) is 0 Å². The summed E-state index contributed by atoms with van der Waals surface area (Å²) < 4.78 is 44.9. The normalized spacial score (nSPS) is 11.2. The van der Waals surface area contributed by atoms with Crippen LogP contribution in [0.2, 0.25) is 0 Å². The number of hydrogen-bond donors (Lipinski definition) is 2. The van der Waals surface area contributed by atoms with Gasteiger partial charge in [0.05, 0.1) is 17.0 Å². The molecule has 0 spiro atoms. The first-order valence-electron chi connectivity index (χ1n) is 9.83. The van der Waals surface area contributed by atoms with E-state index in [1.807, 2.05) is 6.92 Å². The predicted octanol–water partition coefficient (Wildman–Crippen LogP) is 4.23. The van der Waals surface area contributed by atoms with Crippen molar-refractivity contribution in [3.63, 3.8) is 0 Å². The third kappa shape index (κ3) is 5.50. The van der Waals surface area contributed by atoms with Crippen molar-refractivity contribution in [1.82, 2.24) is 15.0 Å². The zero-order valence-corrected chi connectivity index (χ0v) is 17.2. The number of nitriles is 1. The summed E-state index contributed by atoms with van der Waals surface area (Å²) in [6, 6.07) is 9.25. The van der Waals surface area contributed by atoms with E-state index in [0.29, 0.717) is 37.0 Å². The van der Waals surface area contributed by atoms with E-state index in [2.05, 4.69) is 20.3 Å². The lowest BCUT2D eigenvalue weighted by molar-refractivity contribution is -0.137. The first-order valence-corrected chi connectivity index (χ1v) is 9.83. The molecule has 0 saturated heterocycles. The minimum Gasteiger partial charge on any atom is -0.382 e. The molecule has 3 aromatic rings. The number of aromatic amines is 1. The molecular weight excluding hydrogens is 423 g/mol. The maximum atomic E-state index is 13.2. The molecule has 2 N–H and O–H groups in total. The minimum absolute atomic E-state index is 0.126. The van der Waals surface area contributed by atoms with Crippen LogP contribution in [0.3, 0.4) is 0 Å². The summed E-state index contributed by atoms with van der Waals surface area (Å²) in [5, 5.41) is 12.3. The molecule has 2 aromatic heterocycles. The van der Waals surface area contributed by atoms with Crippen LogP contribution in [0.25, 0.3) is 22.5 Å². The highest BCUT2D eigenvalue weighted by molar-refractivity contribution is 5.80. The van der Waals surface area contributed by atoms with Crippen molar-refractivity contribution < 1.29 is 17.9 Å². The molecule has 0 atom stereocenters. The van der Waals surface area contributed by atoms with Gasteiger partial charge < -0.3 is 15.0 Å². The van der Waals surface area contributed by atoms with Gasteiger partial charge in [-0.25, -0.2) is 9.97 Å². The third-order valence-corrected chi connectivity index (χ3v) is 4.52. The molecule has 0 fully saturated rings. The van der Waals surface area contributed by atoms with Crippen molar-refractivity contribution in [1.29, 1.82) is 5.26 Å². The lowest BCUT2D eigenvalue weighted by Gasteiger charge is -2.13. The van der Waals surface area contributed by atoms with E-state index in [-0.39, 0.29) is 16.8 Å². The van der Waals surface area contributed by atoms with Crippen molar-refractivity contribution in [3.05, 3.63) is 64.1 Å². The number of ether oxygens (including phenoxy) is 1. The summed E-state index contributed by atoms with van der Waals surface area (Å²) in [6.07, 6.45) is -2.33. The Morgan fingerprint density at radius 2 is 2.06 bits per heavy atom. The van der Waals surface area contributed by atoms with Crippen molar-refractivity contribution in [2.45, 2.75) is 19.5 Å². The summed E-state index contributed by atoms with van der Waals surface area (Å²) in [5.74, 6) is 0.304. The van der Waals surface area contributed by atoms with Crippen LogP contribution in [-0.4, -0.2) is 34.7 Å². The smallest absolute Gasteiger partial charge is 0.382 e. The van der Waals surface area contributed by atoms with Crippen LogP contribution in [-0.2, 0) is 10.9 Å². The number of rotatable bonds is 8. The van der Waals surface area contributed by atoms with Gasteiger partial charge in [-0.05, 0) is 43.2 Å².